The van der Waals surface area contributed by atoms with Crippen LogP contribution in [-0.2, 0) is 27.6 Å². The van der Waals surface area contributed by atoms with E-state index in [0.717, 1.165) is 0 Å². The Morgan fingerprint density at radius 1 is 0.677 bits per heavy atom. The predicted octanol–water partition coefficient (Wildman–Crippen LogP) is 5.73. The van der Waals surface area contributed by atoms with Crippen LogP contribution in [0.2, 0.25) is 10.0 Å². The maximum absolute atomic E-state index is 6.07. The maximum atomic E-state index is 6.07. The summed E-state index contributed by atoms with van der Waals surface area (Å²) < 4.78 is 44.9. The normalized spacial score (nSPS) is 26.4. The SMILES string of the molecule is Clc1ccccc1OP1OCC(OCOC2COP(Oc3ccccc3Cl)OC2)CO1. The summed E-state index contributed by atoms with van der Waals surface area (Å²) in [6, 6.07) is 14.3. The minimum atomic E-state index is -1.51. The molecule has 8 nitrogen and oxygen atoms in total. The molecule has 0 unspecified atom stereocenters. The van der Waals surface area contributed by atoms with Crippen LogP contribution in [0.15, 0.2) is 48.5 Å². The lowest BCUT2D eigenvalue weighted by Crippen LogP contribution is -2.33. The van der Waals surface area contributed by atoms with Gasteiger partial charge in [0, 0.05) is 0 Å². The third kappa shape index (κ3) is 7.11. The molecule has 4 rings (SSSR count). The van der Waals surface area contributed by atoms with Crippen molar-refractivity contribution < 1.29 is 36.6 Å². The Morgan fingerprint density at radius 3 is 1.45 bits per heavy atom. The molecule has 0 saturated carbocycles. The second-order valence-corrected chi connectivity index (χ2v) is 9.48. The molecule has 0 bridgehead atoms. The van der Waals surface area contributed by atoms with Crippen LogP contribution in [-0.4, -0.2) is 45.4 Å². The van der Waals surface area contributed by atoms with Crippen LogP contribution >= 0.6 is 40.4 Å². The third-order valence-electron chi connectivity index (χ3n) is 4.09. The summed E-state index contributed by atoms with van der Waals surface area (Å²) in [6.07, 6.45) is -0.528. The number of hydrogen-bond acceptors (Lipinski definition) is 8. The zero-order chi connectivity index (χ0) is 21.5. The Bertz CT molecular complexity index is 765. The lowest BCUT2D eigenvalue weighted by molar-refractivity contribution is -0.158. The minimum Gasteiger partial charge on any atom is -0.425 e. The lowest BCUT2D eigenvalue weighted by Gasteiger charge is -2.29. The molecule has 168 valence electrons. The molecule has 12 heteroatoms. The van der Waals surface area contributed by atoms with Crippen molar-refractivity contribution in [1.82, 2.24) is 0 Å². The van der Waals surface area contributed by atoms with Crippen LogP contribution in [0.1, 0.15) is 0 Å². The van der Waals surface area contributed by atoms with E-state index in [0.29, 0.717) is 48.0 Å². The summed E-state index contributed by atoms with van der Waals surface area (Å²) in [5, 5.41) is 1.00. The molecule has 2 aromatic carbocycles. The van der Waals surface area contributed by atoms with E-state index in [4.69, 9.17) is 59.8 Å². The average molecular weight is 509 g/mol. The number of ether oxygens (including phenoxy) is 2. The van der Waals surface area contributed by atoms with Crippen LogP contribution < -0.4 is 9.05 Å². The van der Waals surface area contributed by atoms with Gasteiger partial charge in [-0.2, -0.15) is 0 Å². The average Bonchev–Trinajstić information content (AvgIpc) is 2.79. The first-order valence-electron chi connectivity index (χ1n) is 9.37. The monoisotopic (exact) mass is 508 g/mol. The van der Waals surface area contributed by atoms with E-state index in [1.54, 1.807) is 24.3 Å². The summed E-state index contributed by atoms with van der Waals surface area (Å²) in [7, 11) is -3.03. The van der Waals surface area contributed by atoms with Gasteiger partial charge in [-0.25, -0.2) is 0 Å². The van der Waals surface area contributed by atoms with Gasteiger partial charge in [0.15, 0.2) is 0 Å². The van der Waals surface area contributed by atoms with Gasteiger partial charge < -0.3 is 18.5 Å². The molecule has 0 atom stereocenters. The van der Waals surface area contributed by atoms with Crippen LogP contribution in [0.3, 0.4) is 0 Å². The first-order valence-corrected chi connectivity index (χ1v) is 12.3. The molecular weight excluding hydrogens is 489 g/mol. The van der Waals surface area contributed by atoms with Crippen LogP contribution in [0.25, 0.3) is 0 Å². The maximum Gasteiger partial charge on any atom is 0.397 e. The van der Waals surface area contributed by atoms with E-state index in [9.17, 15) is 0 Å². The zero-order valence-corrected chi connectivity index (χ0v) is 19.5. The molecule has 0 radical (unpaired) electrons. The van der Waals surface area contributed by atoms with Crippen LogP contribution in [0.4, 0.5) is 0 Å². The highest BCUT2D eigenvalue weighted by atomic mass is 35.5. The lowest BCUT2D eigenvalue weighted by atomic mass is 10.3. The predicted molar refractivity (Wildman–Crippen MR) is 116 cm³/mol. The molecule has 2 saturated heterocycles. The second kappa shape index (κ2) is 11.9. The standard InChI is InChI=1S/C19H20Cl2O8P2/c20-16-5-1-3-7-18(16)28-30-24-9-14(10-25-30)22-13-23-15-11-26-31(27-12-15)29-19-8-4-2-6-17(19)21/h1-8,14-15H,9-13H2. The largest absolute Gasteiger partial charge is 0.425 e. The summed E-state index contributed by atoms with van der Waals surface area (Å²) in [6.45, 7) is 1.37. The fraction of sp³-hybridized carbons (Fsp3) is 0.368. The number of benzene rings is 2. The summed E-state index contributed by atoms with van der Waals surface area (Å²) in [5.41, 5.74) is 0. The number of hydrogen-bond donors (Lipinski definition) is 0. The summed E-state index contributed by atoms with van der Waals surface area (Å²) in [4.78, 5) is 0. The van der Waals surface area contributed by atoms with Gasteiger partial charge in [0.2, 0.25) is 0 Å². The van der Waals surface area contributed by atoms with E-state index >= 15 is 0 Å². The van der Waals surface area contributed by atoms with Gasteiger partial charge in [-0.15, -0.1) is 0 Å². The highest BCUT2D eigenvalue weighted by Crippen LogP contribution is 2.46. The van der Waals surface area contributed by atoms with E-state index in [-0.39, 0.29) is 19.0 Å². The Kier molecular flexibility index (Phi) is 8.99. The van der Waals surface area contributed by atoms with E-state index in [2.05, 4.69) is 0 Å². The van der Waals surface area contributed by atoms with Gasteiger partial charge in [0.05, 0.1) is 36.5 Å². The Balaban J connectivity index is 1.09. The molecular formula is C19H20Cl2O8P2. The molecule has 2 aliphatic heterocycles. The van der Waals surface area contributed by atoms with E-state index < -0.39 is 17.2 Å². The topological polar surface area (TPSA) is 73.8 Å². The minimum absolute atomic E-state index is 0.0569. The van der Waals surface area contributed by atoms with Crippen molar-refractivity contribution in [3.05, 3.63) is 58.6 Å². The molecule has 0 aromatic heterocycles. The molecule has 31 heavy (non-hydrogen) atoms. The van der Waals surface area contributed by atoms with Crippen molar-refractivity contribution in [1.29, 1.82) is 0 Å². The zero-order valence-electron chi connectivity index (χ0n) is 16.2. The van der Waals surface area contributed by atoms with E-state index in [1.807, 2.05) is 24.3 Å². The Labute approximate surface area is 192 Å². The van der Waals surface area contributed by atoms with Crippen molar-refractivity contribution in [2.24, 2.45) is 0 Å². The Morgan fingerprint density at radius 2 is 1.06 bits per heavy atom. The van der Waals surface area contributed by atoms with Crippen LogP contribution in [0, 0.1) is 0 Å². The highest BCUT2D eigenvalue weighted by molar-refractivity contribution is 7.42. The van der Waals surface area contributed by atoms with Crippen molar-refractivity contribution in [3.8, 4) is 11.5 Å². The van der Waals surface area contributed by atoms with Crippen LogP contribution in [0.5, 0.6) is 11.5 Å². The fourth-order valence-electron chi connectivity index (χ4n) is 2.47. The fourth-order valence-corrected chi connectivity index (χ4v) is 5.08. The first-order chi connectivity index (χ1) is 15.2. The Hall–Kier alpha value is -0.760. The van der Waals surface area contributed by atoms with Gasteiger partial charge in [0.1, 0.15) is 30.5 Å². The molecule has 2 aromatic rings. The van der Waals surface area contributed by atoms with Gasteiger partial charge in [0.25, 0.3) is 0 Å². The summed E-state index contributed by atoms with van der Waals surface area (Å²) >= 11 is 12.1. The quantitative estimate of drug-likeness (QED) is 0.330. The highest BCUT2D eigenvalue weighted by Gasteiger charge is 2.29. The summed E-state index contributed by atoms with van der Waals surface area (Å²) in [5.74, 6) is 1.04. The molecule has 2 fully saturated rings. The molecule has 2 aliphatic rings. The molecule has 0 aliphatic carbocycles. The van der Waals surface area contributed by atoms with Crippen molar-refractivity contribution in [2.75, 3.05) is 33.2 Å². The molecule has 0 N–H and O–H groups in total. The van der Waals surface area contributed by atoms with Gasteiger partial charge in [-0.05, 0) is 24.3 Å². The van der Waals surface area contributed by atoms with E-state index in [1.165, 1.54) is 0 Å². The van der Waals surface area contributed by atoms with Crippen molar-refractivity contribution in [2.45, 2.75) is 12.2 Å². The van der Waals surface area contributed by atoms with Crippen molar-refractivity contribution in [3.63, 3.8) is 0 Å². The molecule has 0 amide bonds. The molecule has 0 spiro atoms. The number of halogens is 2. The third-order valence-corrected chi connectivity index (χ3v) is 6.85. The molecule has 2 heterocycles. The first kappa shape index (κ1) is 23.4. The smallest absolute Gasteiger partial charge is 0.397 e. The number of rotatable bonds is 8. The van der Waals surface area contributed by atoms with Crippen molar-refractivity contribution >= 4 is 40.4 Å². The van der Waals surface area contributed by atoms with Gasteiger partial charge >= 0.3 is 17.2 Å². The number of para-hydroxylation sites is 2. The van der Waals surface area contributed by atoms with Gasteiger partial charge in [-0.3, -0.25) is 18.1 Å². The second-order valence-electron chi connectivity index (χ2n) is 6.37. The van der Waals surface area contributed by atoms with Gasteiger partial charge in [-0.1, -0.05) is 47.5 Å².